The Balaban J connectivity index is 2.01. The zero-order chi connectivity index (χ0) is 20.1. The lowest BCUT2D eigenvalue weighted by atomic mass is 10.0. The highest BCUT2D eigenvalue weighted by atomic mass is 16.6. The summed E-state index contributed by atoms with van der Waals surface area (Å²) in [4.78, 5) is 25.2. The Bertz CT molecular complexity index is 992. The number of hydrogen-bond acceptors (Lipinski definition) is 4. The molecule has 0 spiro atoms. The second-order valence-electron chi connectivity index (χ2n) is 6.50. The van der Waals surface area contributed by atoms with Gasteiger partial charge in [0.15, 0.2) is 11.5 Å². The molecular weight excluding hydrogens is 352 g/mol. The maximum Gasteiger partial charge on any atom is 0.343 e. The second-order valence-corrected chi connectivity index (χ2v) is 6.50. The van der Waals surface area contributed by atoms with Crippen LogP contribution in [0, 0.1) is 13.8 Å². The van der Waals surface area contributed by atoms with Crippen molar-refractivity contribution in [3.8, 4) is 11.5 Å². The van der Waals surface area contributed by atoms with Crippen LogP contribution >= 0.6 is 0 Å². The van der Waals surface area contributed by atoms with Crippen LogP contribution in [0.4, 0.5) is 0 Å². The summed E-state index contributed by atoms with van der Waals surface area (Å²) in [6.45, 7) is 5.76. The van der Waals surface area contributed by atoms with Crippen molar-refractivity contribution in [2.45, 2.75) is 27.2 Å². The highest BCUT2D eigenvalue weighted by Gasteiger charge is 2.22. The molecule has 0 saturated heterocycles. The van der Waals surface area contributed by atoms with Crippen molar-refractivity contribution in [1.82, 2.24) is 0 Å². The van der Waals surface area contributed by atoms with Gasteiger partial charge in [-0.15, -0.1) is 0 Å². The van der Waals surface area contributed by atoms with Crippen LogP contribution in [0.1, 0.15) is 44.3 Å². The molecule has 3 aromatic carbocycles. The number of ether oxygens (including phenoxy) is 2. The van der Waals surface area contributed by atoms with E-state index in [1.807, 2.05) is 39.0 Å². The summed E-state index contributed by atoms with van der Waals surface area (Å²) in [5.74, 6) is -0.400. The SMILES string of the molecule is CCc1cc(C)c(C)c(OC(=O)c2ccccc2)c1OC(=O)c1ccccc1. The number of aryl methyl sites for hydroxylation is 2. The molecule has 0 radical (unpaired) electrons. The minimum absolute atomic E-state index is 0.287. The lowest BCUT2D eigenvalue weighted by Crippen LogP contribution is -2.15. The molecule has 4 nitrogen and oxygen atoms in total. The van der Waals surface area contributed by atoms with E-state index in [2.05, 4.69) is 0 Å². The van der Waals surface area contributed by atoms with Crippen LogP contribution in [0.15, 0.2) is 66.7 Å². The second kappa shape index (κ2) is 8.53. The van der Waals surface area contributed by atoms with Gasteiger partial charge in [-0.3, -0.25) is 0 Å². The van der Waals surface area contributed by atoms with Gasteiger partial charge in [-0.1, -0.05) is 49.4 Å². The molecule has 3 rings (SSSR count). The first kappa shape index (κ1) is 19.4. The van der Waals surface area contributed by atoms with Gasteiger partial charge in [0.1, 0.15) is 0 Å². The van der Waals surface area contributed by atoms with Crippen LogP contribution in [0.5, 0.6) is 11.5 Å². The number of carbonyl (C=O) groups is 2. The predicted molar refractivity (Wildman–Crippen MR) is 108 cm³/mol. The molecule has 0 saturated carbocycles. The summed E-state index contributed by atoms with van der Waals surface area (Å²) in [6.07, 6.45) is 0.633. The Hall–Kier alpha value is -3.40. The van der Waals surface area contributed by atoms with Gasteiger partial charge < -0.3 is 9.47 Å². The average Bonchev–Trinajstić information content (AvgIpc) is 2.74. The summed E-state index contributed by atoms with van der Waals surface area (Å²) in [7, 11) is 0. The van der Waals surface area contributed by atoms with Gasteiger partial charge in [0.2, 0.25) is 0 Å². The lowest BCUT2D eigenvalue weighted by Gasteiger charge is -2.18. The van der Waals surface area contributed by atoms with Gasteiger partial charge in [0, 0.05) is 0 Å². The summed E-state index contributed by atoms with van der Waals surface area (Å²) >= 11 is 0. The maximum absolute atomic E-state index is 12.6. The Morgan fingerprint density at radius 2 is 1.21 bits per heavy atom. The molecule has 0 aromatic heterocycles. The van der Waals surface area contributed by atoms with Gasteiger partial charge in [-0.25, -0.2) is 9.59 Å². The van der Waals surface area contributed by atoms with E-state index in [1.54, 1.807) is 48.5 Å². The Morgan fingerprint density at radius 3 is 1.68 bits per heavy atom. The van der Waals surface area contributed by atoms with Crippen LogP contribution in [-0.4, -0.2) is 11.9 Å². The fourth-order valence-electron chi connectivity index (χ4n) is 2.88. The molecule has 0 N–H and O–H groups in total. The minimum atomic E-state index is -0.492. The van der Waals surface area contributed by atoms with E-state index in [0.717, 1.165) is 16.7 Å². The molecule has 0 unspecified atom stereocenters. The van der Waals surface area contributed by atoms with Gasteiger partial charge in [0.05, 0.1) is 11.1 Å². The molecular formula is C24H22O4. The molecule has 28 heavy (non-hydrogen) atoms. The van der Waals surface area contributed by atoms with Crippen molar-refractivity contribution in [3.05, 3.63) is 94.5 Å². The zero-order valence-corrected chi connectivity index (χ0v) is 16.2. The highest BCUT2D eigenvalue weighted by molar-refractivity contribution is 5.93. The summed E-state index contributed by atoms with van der Waals surface area (Å²) in [6, 6.07) is 19.4. The first-order valence-electron chi connectivity index (χ1n) is 9.18. The lowest BCUT2D eigenvalue weighted by molar-refractivity contribution is 0.0680. The largest absolute Gasteiger partial charge is 0.419 e. The van der Waals surface area contributed by atoms with Crippen molar-refractivity contribution < 1.29 is 19.1 Å². The Labute approximate surface area is 164 Å². The molecule has 0 fully saturated rings. The van der Waals surface area contributed by atoms with E-state index in [1.165, 1.54) is 0 Å². The third-order valence-corrected chi connectivity index (χ3v) is 4.61. The van der Waals surface area contributed by atoms with E-state index in [4.69, 9.17) is 9.47 Å². The van der Waals surface area contributed by atoms with Crippen molar-refractivity contribution in [2.75, 3.05) is 0 Å². The minimum Gasteiger partial charge on any atom is -0.419 e. The molecule has 0 atom stereocenters. The van der Waals surface area contributed by atoms with Crippen molar-refractivity contribution >= 4 is 11.9 Å². The van der Waals surface area contributed by atoms with E-state index in [0.29, 0.717) is 23.3 Å². The maximum atomic E-state index is 12.6. The first-order valence-corrected chi connectivity index (χ1v) is 9.18. The molecule has 3 aromatic rings. The highest BCUT2D eigenvalue weighted by Crippen LogP contribution is 2.38. The number of esters is 2. The van der Waals surface area contributed by atoms with Crippen molar-refractivity contribution in [1.29, 1.82) is 0 Å². The number of rotatable bonds is 5. The Kier molecular flexibility index (Phi) is 5.90. The number of benzene rings is 3. The number of carbonyl (C=O) groups excluding carboxylic acids is 2. The monoisotopic (exact) mass is 374 g/mol. The molecule has 0 heterocycles. The van der Waals surface area contributed by atoms with Crippen LogP contribution in [0.3, 0.4) is 0 Å². The van der Waals surface area contributed by atoms with E-state index in [-0.39, 0.29) is 5.75 Å². The van der Waals surface area contributed by atoms with Gasteiger partial charge in [-0.05, 0) is 61.2 Å². The normalized spacial score (nSPS) is 10.4. The van der Waals surface area contributed by atoms with Gasteiger partial charge >= 0.3 is 11.9 Å². The summed E-state index contributed by atoms with van der Waals surface area (Å²) < 4.78 is 11.4. The smallest absolute Gasteiger partial charge is 0.343 e. The molecule has 0 amide bonds. The molecule has 0 aliphatic heterocycles. The topological polar surface area (TPSA) is 52.6 Å². The predicted octanol–water partition coefficient (Wildman–Crippen LogP) is 5.30. The van der Waals surface area contributed by atoms with Crippen LogP contribution in [0.25, 0.3) is 0 Å². The fraction of sp³-hybridized carbons (Fsp3) is 0.167. The van der Waals surface area contributed by atoms with Gasteiger partial charge in [0.25, 0.3) is 0 Å². The molecule has 4 heteroatoms. The molecule has 0 aliphatic rings. The van der Waals surface area contributed by atoms with E-state index in [9.17, 15) is 9.59 Å². The summed E-state index contributed by atoms with van der Waals surface area (Å²) in [5.41, 5.74) is 3.40. The zero-order valence-electron chi connectivity index (χ0n) is 16.2. The molecule has 0 bridgehead atoms. The molecule has 0 aliphatic carbocycles. The van der Waals surface area contributed by atoms with E-state index < -0.39 is 11.9 Å². The van der Waals surface area contributed by atoms with Crippen LogP contribution < -0.4 is 9.47 Å². The quantitative estimate of drug-likeness (QED) is 0.449. The van der Waals surface area contributed by atoms with Crippen LogP contribution in [0.2, 0.25) is 0 Å². The Morgan fingerprint density at radius 1 is 0.750 bits per heavy atom. The standard InChI is InChI=1S/C24H22O4/c1-4-18-15-16(2)17(3)21(27-23(25)19-11-7-5-8-12-19)22(18)28-24(26)20-13-9-6-10-14-20/h5-15H,4H2,1-3H3. The average molecular weight is 374 g/mol. The molecule has 142 valence electrons. The van der Waals surface area contributed by atoms with Crippen molar-refractivity contribution in [2.24, 2.45) is 0 Å². The van der Waals surface area contributed by atoms with Crippen molar-refractivity contribution in [3.63, 3.8) is 0 Å². The fourth-order valence-corrected chi connectivity index (χ4v) is 2.88. The third-order valence-electron chi connectivity index (χ3n) is 4.61. The van der Waals surface area contributed by atoms with E-state index >= 15 is 0 Å². The van der Waals surface area contributed by atoms with Crippen LogP contribution in [-0.2, 0) is 6.42 Å². The van der Waals surface area contributed by atoms with Gasteiger partial charge in [-0.2, -0.15) is 0 Å². The number of hydrogen-bond donors (Lipinski definition) is 0. The summed E-state index contributed by atoms with van der Waals surface area (Å²) in [5, 5.41) is 0. The third kappa shape index (κ3) is 4.12. The first-order chi connectivity index (χ1) is 13.5.